The number of nitrogens with zero attached hydrogens (tertiary/aromatic N) is 5. The highest BCUT2D eigenvalue weighted by molar-refractivity contribution is 7.21. The van der Waals surface area contributed by atoms with Gasteiger partial charge in [-0.3, -0.25) is 9.89 Å². The van der Waals surface area contributed by atoms with Crippen molar-refractivity contribution in [3.63, 3.8) is 0 Å². The number of carbonyl (C=O) groups is 1. The summed E-state index contributed by atoms with van der Waals surface area (Å²) in [6.45, 7) is 10.5. The van der Waals surface area contributed by atoms with Crippen LogP contribution in [0, 0.1) is 0 Å². The number of ether oxygens (including phenoxy) is 2. The Hall–Kier alpha value is -2.96. The summed E-state index contributed by atoms with van der Waals surface area (Å²) in [7, 11) is 1.67. The molecule has 0 radical (unpaired) electrons. The molecule has 3 heterocycles. The molecule has 1 aliphatic rings. The quantitative estimate of drug-likeness (QED) is 0.348. The molecule has 192 valence electrons. The number of anilines is 1. The Bertz CT molecular complexity index is 994. The molecule has 1 fully saturated rings. The third-order valence-corrected chi connectivity index (χ3v) is 5.89. The van der Waals surface area contributed by atoms with Crippen molar-refractivity contribution in [3.05, 3.63) is 30.2 Å². The molecule has 0 aliphatic carbocycles. The molecule has 3 rings (SSSR count). The minimum atomic E-state index is -0.544. The Morgan fingerprint density at radius 1 is 1.40 bits per heavy atom. The van der Waals surface area contributed by atoms with Crippen molar-refractivity contribution >= 4 is 38.9 Å². The maximum Gasteiger partial charge on any atom is 0.410 e. The molecule has 1 saturated heterocycles. The number of amides is 1. The molecule has 1 amide bonds. The van der Waals surface area contributed by atoms with Crippen molar-refractivity contribution < 1.29 is 14.3 Å². The van der Waals surface area contributed by atoms with E-state index in [1.165, 1.54) is 16.2 Å². The molecule has 0 aromatic carbocycles. The van der Waals surface area contributed by atoms with Gasteiger partial charge in [0.05, 0.1) is 19.8 Å². The highest BCUT2D eigenvalue weighted by Crippen LogP contribution is 2.24. The van der Waals surface area contributed by atoms with Gasteiger partial charge in [-0.2, -0.15) is 0 Å². The van der Waals surface area contributed by atoms with E-state index >= 15 is 0 Å². The molecule has 12 heteroatoms. The average molecular weight is 505 g/mol. The number of aromatic nitrogens is 2. The number of morpholine rings is 1. The van der Waals surface area contributed by atoms with E-state index in [1.807, 2.05) is 39.0 Å². The third kappa shape index (κ3) is 9.30. The lowest BCUT2D eigenvalue weighted by molar-refractivity contribution is 0.0304. The van der Waals surface area contributed by atoms with Crippen LogP contribution >= 0.6 is 11.3 Å². The molecule has 0 spiro atoms. The van der Waals surface area contributed by atoms with E-state index in [2.05, 4.69) is 30.5 Å². The summed E-state index contributed by atoms with van der Waals surface area (Å²) in [5.74, 6) is 0.936. The van der Waals surface area contributed by atoms with E-state index in [0.29, 0.717) is 24.0 Å². The van der Waals surface area contributed by atoms with Gasteiger partial charge in [0.15, 0.2) is 11.1 Å². The van der Waals surface area contributed by atoms with Crippen LogP contribution in [0.15, 0.2) is 35.2 Å². The second kappa shape index (κ2) is 12.7. The zero-order valence-electron chi connectivity index (χ0n) is 20.9. The van der Waals surface area contributed by atoms with E-state index < -0.39 is 11.7 Å². The van der Waals surface area contributed by atoms with Crippen LogP contribution in [0.3, 0.4) is 0 Å². The summed E-state index contributed by atoms with van der Waals surface area (Å²) in [5, 5.41) is 7.15. The number of likely N-dealkylation sites (N-methyl/N-ethyl adjacent to an activating group) is 1. The maximum absolute atomic E-state index is 12.1. The predicted molar refractivity (Wildman–Crippen MR) is 139 cm³/mol. The fourth-order valence-electron chi connectivity index (χ4n) is 3.22. The Balaban J connectivity index is 1.59. The number of hydrogen-bond donors (Lipinski definition) is 3. The van der Waals surface area contributed by atoms with Crippen molar-refractivity contribution in [2.24, 2.45) is 10.7 Å². The van der Waals surface area contributed by atoms with Gasteiger partial charge in [-0.25, -0.2) is 14.8 Å². The van der Waals surface area contributed by atoms with Gasteiger partial charge in [-0.05, 0) is 45.4 Å². The van der Waals surface area contributed by atoms with Crippen LogP contribution in [-0.4, -0.2) is 90.4 Å². The van der Waals surface area contributed by atoms with Crippen molar-refractivity contribution in [3.8, 4) is 0 Å². The first-order valence-corrected chi connectivity index (χ1v) is 12.5. The lowest BCUT2D eigenvalue weighted by Gasteiger charge is -2.26. The topological polar surface area (TPSA) is 130 Å². The number of hydrogen-bond acceptors (Lipinski definition) is 9. The molecule has 0 bridgehead atoms. The van der Waals surface area contributed by atoms with Gasteiger partial charge < -0.3 is 30.7 Å². The second-order valence-corrected chi connectivity index (χ2v) is 10.1. The van der Waals surface area contributed by atoms with Crippen LogP contribution in [0.5, 0.6) is 0 Å². The fourth-order valence-corrected chi connectivity index (χ4v) is 4.04. The lowest BCUT2D eigenvalue weighted by Crippen LogP contribution is -2.38. The van der Waals surface area contributed by atoms with Gasteiger partial charge in [0.2, 0.25) is 0 Å². The Kier molecular flexibility index (Phi) is 9.64. The van der Waals surface area contributed by atoms with E-state index in [-0.39, 0.29) is 5.96 Å². The summed E-state index contributed by atoms with van der Waals surface area (Å²) in [6.07, 6.45) is 4.21. The minimum Gasteiger partial charge on any atom is -0.444 e. The molecule has 0 atom stereocenters. The molecular weight excluding hydrogens is 468 g/mol. The summed E-state index contributed by atoms with van der Waals surface area (Å²) in [5.41, 5.74) is 6.44. The standard InChI is InChI=1S/C23H36N8O3S/c1-23(2,3)34-22(32)30(4)12-10-26-20(24)28-18(8-6-11-31-13-15-33-16-14-31)29-21-27-17-7-5-9-25-19(17)35-21/h5,7-9H,6,10-16H2,1-4H3,(H,27,29)(H3,24,26,28)/b18-8+. The number of nitrogens with one attached hydrogen (secondary N) is 2. The number of pyridine rings is 1. The van der Waals surface area contributed by atoms with Crippen LogP contribution in [0.4, 0.5) is 9.93 Å². The van der Waals surface area contributed by atoms with E-state index in [9.17, 15) is 4.79 Å². The fraction of sp³-hybridized carbons (Fsp3) is 0.565. The highest BCUT2D eigenvalue weighted by Gasteiger charge is 2.19. The van der Waals surface area contributed by atoms with Crippen molar-refractivity contribution in [1.82, 2.24) is 25.1 Å². The van der Waals surface area contributed by atoms with Crippen LogP contribution in [-0.2, 0) is 9.47 Å². The maximum atomic E-state index is 12.1. The first-order valence-electron chi connectivity index (χ1n) is 11.7. The molecule has 35 heavy (non-hydrogen) atoms. The smallest absolute Gasteiger partial charge is 0.410 e. The molecule has 1 aliphatic heterocycles. The van der Waals surface area contributed by atoms with Crippen LogP contribution in [0.25, 0.3) is 10.3 Å². The van der Waals surface area contributed by atoms with E-state index in [4.69, 9.17) is 15.2 Å². The van der Waals surface area contributed by atoms with Gasteiger partial charge >= 0.3 is 6.09 Å². The Morgan fingerprint density at radius 2 is 2.17 bits per heavy atom. The van der Waals surface area contributed by atoms with Crippen molar-refractivity contribution in [2.75, 3.05) is 58.3 Å². The summed E-state index contributed by atoms with van der Waals surface area (Å²) >= 11 is 1.46. The number of nitrogens with two attached hydrogens (primary N) is 1. The second-order valence-electron chi connectivity index (χ2n) is 9.13. The molecule has 0 saturated carbocycles. The highest BCUT2D eigenvalue weighted by atomic mass is 32.1. The van der Waals surface area contributed by atoms with Crippen LogP contribution < -0.4 is 16.4 Å². The first-order chi connectivity index (χ1) is 16.7. The molecule has 4 N–H and O–H groups in total. The Morgan fingerprint density at radius 3 is 2.89 bits per heavy atom. The zero-order valence-corrected chi connectivity index (χ0v) is 21.7. The minimum absolute atomic E-state index is 0.243. The number of guanidine groups is 1. The van der Waals surface area contributed by atoms with E-state index in [0.717, 1.165) is 49.6 Å². The predicted octanol–water partition coefficient (Wildman–Crippen LogP) is 2.44. The number of fused-ring (bicyclic) bond motifs is 1. The van der Waals surface area contributed by atoms with Crippen LogP contribution in [0.1, 0.15) is 27.2 Å². The number of rotatable bonds is 9. The monoisotopic (exact) mass is 504 g/mol. The van der Waals surface area contributed by atoms with Crippen molar-refractivity contribution in [1.29, 1.82) is 0 Å². The SMILES string of the molecule is CN(CCN=C(N)N/C(=C\CCN1CCOCC1)Nc1nc2cccnc2s1)C(=O)OC(C)(C)C. The summed E-state index contributed by atoms with van der Waals surface area (Å²) in [6, 6.07) is 3.79. The van der Waals surface area contributed by atoms with Crippen LogP contribution in [0.2, 0.25) is 0 Å². The van der Waals surface area contributed by atoms with E-state index in [1.54, 1.807) is 13.2 Å². The summed E-state index contributed by atoms with van der Waals surface area (Å²) < 4.78 is 10.8. The molecule has 0 unspecified atom stereocenters. The largest absolute Gasteiger partial charge is 0.444 e. The van der Waals surface area contributed by atoms with Gasteiger partial charge in [0.1, 0.15) is 21.8 Å². The Labute approximate surface area is 210 Å². The number of aliphatic imine (C=N–C) groups is 1. The molecule has 2 aromatic heterocycles. The lowest BCUT2D eigenvalue weighted by atomic mass is 10.2. The normalized spacial score (nSPS) is 15.8. The van der Waals surface area contributed by atoms with Gasteiger partial charge in [0, 0.05) is 39.4 Å². The third-order valence-electron chi connectivity index (χ3n) is 4.99. The summed E-state index contributed by atoms with van der Waals surface area (Å²) in [4.78, 5) is 30.1. The van der Waals surface area contributed by atoms with Crippen molar-refractivity contribution in [2.45, 2.75) is 32.8 Å². The average Bonchev–Trinajstić information content (AvgIpc) is 3.21. The number of carbonyl (C=O) groups excluding carboxylic acids is 1. The molecule has 11 nitrogen and oxygen atoms in total. The molecular formula is C23H36N8O3S. The zero-order chi connectivity index (χ0) is 25.3. The van der Waals surface area contributed by atoms with Gasteiger partial charge in [-0.15, -0.1) is 0 Å². The van der Waals surface area contributed by atoms with Gasteiger partial charge in [0.25, 0.3) is 0 Å². The van der Waals surface area contributed by atoms with Gasteiger partial charge in [-0.1, -0.05) is 11.3 Å². The number of thiazole rings is 1. The first kappa shape index (κ1) is 26.6. The molecule has 2 aromatic rings.